The summed E-state index contributed by atoms with van der Waals surface area (Å²) in [4.78, 5) is 0. The monoisotopic (exact) mass is 256 g/mol. The maximum atomic E-state index is 10.6. The number of aliphatic hydroxyl groups is 3. The van der Waals surface area contributed by atoms with Gasteiger partial charge < -0.3 is 15.3 Å². The van der Waals surface area contributed by atoms with Gasteiger partial charge in [-0.2, -0.15) is 0 Å². The molecule has 0 aromatic heterocycles. The van der Waals surface area contributed by atoms with E-state index < -0.39 is 11.7 Å². The van der Waals surface area contributed by atoms with Crippen molar-refractivity contribution in [2.75, 3.05) is 6.61 Å². The van der Waals surface area contributed by atoms with Crippen molar-refractivity contribution in [3.8, 4) is 0 Å². The van der Waals surface area contributed by atoms with Gasteiger partial charge in [0.25, 0.3) is 0 Å². The maximum Gasteiger partial charge on any atom is 0.0932 e. The summed E-state index contributed by atoms with van der Waals surface area (Å²) in [6.07, 6.45) is 3.26. The molecule has 0 aromatic rings. The fourth-order valence-corrected chi connectivity index (χ4v) is 4.93. The van der Waals surface area contributed by atoms with Gasteiger partial charge in [0, 0.05) is 12.5 Å². The third kappa shape index (κ3) is 1.83. The van der Waals surface area contributed by atoms with E-state index in [-0.39, 0.29) is 23.4 Å². The van der Waals surface area contributed by atoms with E-state index in [9.17, 15) is 15.3 Å². The molecule has 0 unspecified atom stereocenters. The van der Waals surface area contributed by atoms with E-state index in [0.717, 1.165) is 12.8 Å². The molecule has 2 rings (SSSR count). The second kappa shape index (κ2) is 4.19. The predicted octanol–water partition coefficient (Wildman–Crippen LogP) is 1.94. The Balaban J connectivity index is 2.43. The van der Waals surface area contributed by atoms with E-state index in [4.69, 9.17) is 0 Å². The molecule has 3 N–H and O–H groups in total. The van der Waals surface area contributed by atoms with Crippen LogP contribution in [0.4, 0.5) is 0 Å². The first kappa shape index (κ1) is 14.3. The average molecular weight is 256 g/mol. The number of hydrogen-bond donors (Lipinski definition) is 3. The van der Waals surface area contributed by atoms with E-state index in [2.05, 4.69) is 20.8 Å². The smallest absolute Gasteiger partial charge is 0.0932 e. The highest BCUT2D eigenvalue weighted by Crippen LogP contribution is 2.61. The molecule has 2 aliphatic rings. The molecule has 5 atom stereocenters. The molecule has 0 saturated heterocycles. The zero-order valence-corrected chi connectivity index (χ0v) is 12.1. The first-order chi connectivity index (χ1) is 8.16. The van der Waals surface area contributed by atoms with Gasteiger partial charge in [0.2, 0.25) is 0 Å². The van der Waals surface area contributed by atoms with Crippen LogP contribution in [0.5, 0.6) is 0 Å². The van der Waals surface area contributed by atoms with Gasteiger partial charge in [-0.15, -0.1) is 0 Å². The topological polar surface area (TPSA) is 60.7 Å². The molecule has 0 bridgehead atoms. The van der Waals surface area contributed by atoms with Gasteiger partial charge in [0.15, 0.2) is 0 Å². The predicted molar refractivity (Wildman–Crippen MR) is 71.1 cm³/mol. The first-order valence-corrected chi connectivity index (χ1v) is 7.17. The van der Waals surface area contributed by atoms with E-state index in [1.807, 2.05) is 0 Å². The van der Waals surface area contributed by atoms with Gasteiger partial charge in [0.05, 0.1) is 11.7 Å². The van der Waals surface area contributed by atoms with E-state index in [1.54, 1.807) is 6.92 Å². The number of aliphatic hydroxyl groups excluding tert-OH is 2. The first-order valence-electron chi connectivity index (χ1n) is 7.17. The third-order valence-electron chi connectivity index (χ3n) is 6.09. The second-order valence-corrected chi connectivity index (χ2v) is 7.61. The van der Waals surface area contributed by atoms with Crippen molar-refractivity contribution in [1.29, 1.82) is 0 Å². The average Bonchev–Trinajstić information content (AvgIpc) is 2.22. The minimum Gasteiger partial charge on any atom is -0.396 e. The largest absolute Gasteiger partial charge is 0.396 e. The lowest BCUT2D eigenvalue weighted by Crippen LogP contribution is -2.64. The van der Waals surface area contributed by atoms with Crippen LogP contribution < -0.4 is 0 Å². The van der Waals surface area contributed by atoms with Gasteiger partial charge in [-0.1, -0.05) is 27.2 Å². The van der Waals surface area contributed by atoms with Crippen LogP contribution in [-0.2, 0) is 0 Å². The summed E-state index contributed by atoms with van der Waals surface area (Å²) in [5.74, 6) is 0.129. The molecule has 0 amide bonds. The van der Waals surface area contributed by atoms with Crippen LogP contribution in [0.25, 0.3) is 0 Å². The molecule has 0 heterocycles. The van der Waals surface area contributed by atoms with Gasteiger partial charge in [-0.3, -0.25) is 0 Å². The molecule has 0 radical (unpaired) electrons. The van der Waals surface area contributed by atoms with Crippen LogP contribution in [0.2, 0.25) is 0 Å². The quantitative estimate of drug-likeness (QED) is 0.672. The summed E-state index contributed by atoms with van der Waals surface area (Å²) in [6, 6.07) is 0. The summed E-state index contributed by atoms with van der Waals surface area (Å²) in [5.41, 5.74) is -1.06. The summed E-state index contributed by atoms with van der Waals surface area (Å²) in [5, 5.41) is 30.6. The van der Waals surface area contributed by atoms with Crippen molar-refractivity contribution in [3.05, 3.63) is 0 Å². The molecule has 2 fully saturated rings. The Labute approximate surface area is 110 Å². The van der Waals surface area contributed by atoms with Crippen LogP contribution in [0, 0.1) is 22.7 Å². The van der Waals surface area contributed by atoms with Crippen LogP contribution in [-0.4, -0.2) is 33.6 Å². The molecule has 3 nitrogen and oxygen atoms in total. The highest BCUT2D eigenvalue weighted by Gasteiger charge is 2.60. The zero-order valence-electron chi connectivity index (χ0n) is 12.1. The van der Waals surface area contributed by atoms with Crippen LogP contribution in [0.3, 0.4) is 0 Å². The summed E-state index contributed by atoms with van der Waals surface area (Å²) in [6.45, 7) is 8.35. The summed E-state index contributed by atoms with van der Waals surface area (Å²) >= 11 is 0. The summed E-state index contributed by atoms with van der Waals surface area (Å²) in [7, 11) is 0. The lowest BCUT2D eigenvalue weighted by atomic mass is 9.45. The van der Waals surface area contributed by atoms with Crippen molar-refractivity contribution in [1.82, 2.24) is 0 Å². The minimum atomic E-state index is -1.17. The SMILES string of the molecule is CC1(C)CCC[C@]2(C)[C@H]1C[C@@H](O)[C@](C)(O)[C@@H]2CO. The fraction of sp³-hybridized carbons (Fsp3) is 1.00. The molecule has 0 aromatic carbocycles. The molecular weight excluding hydrogens is 228 g/mol. The minimum absolute atomic E-state index is 0.0485. The van der Waals surface area contributed by atoms with E-state index >= 15 is 0 Å². The molecule has 0 spiro atoms. The van der Waals surface area contributed by atoms with Gasteiger partial charge in [-0.25, -0.2) is 0 Å². The number of rotatable bonds is 1. The Morgan fingerprint density at radius 2 is 1.72 bits per heavy atom. The molecule has 106 valence electrons. The van der Waals surface area contributed by atoms with E-state index in [1.165, 1.54) is 6.42 Å². The molecule has 2 aliphatic carbocycles. The Kier molecular flexibility index (Phi) is 3.33. The Bertz CT molecular complexity index is 320. The fourth-order valence-electron chi connectivity index (χ4n) is 4.93. The number of fused-ring (bicyclic) bond motifs is 1. The second-order valence-electron chi connectivity index (χ2n) is 7.61. The van der Waals surface area contributed by atoms with Crippen LogP contribution in [0.1, 0.15) is 53.4 Å². The molecule has 2 saturated carbocycles. The van der Waals surface area contributed by atoms with Crippen molar-refractivity contribution in [2.24, 2.45) is 22.7 Å². The zero-order chi connectivity index (χ0) is 13.8. The summed E-state index contributed by atoms with van der Waals surface area (Å²) < 4.78 is 0. The lowest BCUT2D eigenvalue weighted by Gasteiger charge is -2.62. The van der Waals surface area contributed by atoms with Gasteiger partial charge in [-0.05, 0) is 42.9 Å². The van der Waals surface area contributed by atoms with Crippen LogP contribution >= 0.6 is 0 Å². The molecule has 3 heteroatoms. The standard InChI is InChI=1S/C15H28O3/c1-13(2)6-5-7-14(3)10(13)8-12(17)15(4,18)11(14)9-16/h10-12,16-18H,5-9H2,1-4H3/t10-,11+,12+,14+,15+/m0/s1. The third-order valence-corrected chi connectivity index (χ3v) is 6.09. The van der Waals surface area contributed by atoms with Crippen molar-refractivity contribution >= 4 is 0 Å². The highest BCUT2D eigenvalue weighted by molar-refractivity contribution is 5.10. The molecule has 0 aliphatic heterocycles. The van der Waals surface area contributed by atoms with Crippen molar-refractivity contribution in [2.45, 2.75) is 65.1 Å². The Morgan fingerprint density at radius 3 is 2.28 bits per heavy atom. The lowest BCUT2D eigenvalue weighted by molar-refractivity contribution is -0.227. The molecular formula is C15H28O3. The van der Waals surface area contributed by atoms with Crippen LogP contribution in [0.15, 0.2) is 0 Å². The Morgan fingerprint density at radius 1 is 1.11 bits per heavy atom. The van der Waals surface area contributed by atoms with Crippen molar-refractivity contribution < 1.29 is 15.3 Å². The maximum absolute atomic E-state index is 10.6. The highest BCUT2D eigenvalue weighted by atomic mass is 16.3. The van der Waals surface area contributed by atoms with E-state index in [0.29, 0.717) is 12.3 Å². The van der Waals surface area contributed by atoms with Gasteiger partial charge in [0.1, 0.15) is 0 Å². The van der Waals surface area contributed by atoms with Gasteiger partial charge >= 0.3 is 0 Å². The Hall–Kier alpha value is -0.120. The molecule has 18 heavy (non-hydrogen) atoms. The number of hydrogen-bond acceptors (Lipinski definition) is 3. The van der Waals surface area contributed by atoms with Crippen molar-refractivity contribution in [3.63, 3.8) is 0 Å². The normalized spacial score (nSPS) is 51.8.